The van der Waals surface area contributed by atoms with Gasteiger partial charge in [0.25, 0.3) is 0 Å². The molecular weight excluding hydrogens is 254 g/mol. The fourth-order valence-electron chi connectivity index (χ4n) is 2.17. The number of nitrogens with zero attached hydrogens (tertiary/aromatic N) is 4. The number of nitrogen functional groups attached to an aromatic ring is 1. The van der Waals surface area contributed by atoms with E-state index in [1.807, 2.05) is 24.4 Å². The number of hydrogen-bond donors (Lipinski definition) is 3. The SMILES string of the molecule is CNCCNc1nc2c(cc1C)nc(N)c1cncn12. The third-order valence-electron chi connectivity index (χ3n) is 3.21. The quantitative estimate of drug-likeness (QED) is 0.608. The van der Waals surface area contributed by atoms with Gasteiger partial charge in [-0.1, -0.05) is 0 Å². The van der Waals surface area contributed by atoms with Gasteiger partial charge in [-0.15, -0.1) is 0 Å². The van der Waals surface area contributed by atoms with E-state index < -0.39 is 0 Å². The number of pyridine rings is 1. The maximum Gasteiger partial charge on any atom is 0.167 e. The summed E-state index contributed by atoms with van der Waals surface area (Å²) in [5.74, 6) is 1.32. The summed E-state index contributed by atoms with van der Waals surface area (Å²) >= 11 is 0. The summed E-state index contributed by atoms with van der Waals surface area (Å²) in [6.45, 7) is 3.69. The molecule has 0 fully saturated rings. The van der Waals surface area contributed by atoms with Crippen molar-refractivity contribution in [2.24, 2.45) is 0 Å². The molecule has 0 bridgehead atoms. The second-order valence-electron chi connectivity index (χ2n) is 4.67. The highest BCUT2D eigenvalue weighted by molar-refractivity contribution is 5.82. The summed E-state index contributed by atoms with van der Waals surface area (Å²) < 4.78 is 1.86. The van der Waals surface area contributed by atoms with Crippen LogP contribution in [0.25, 0.3) is 16.7 Å². The monoisotopic (exact) mass is 271 g/mol. The normalized spacial score (nSPS) is 11.3. The van der Waals surface area contributed by atoms with Crippen molar-refractivity contribution >= 4 is 28.3 Å². The molecule has 0 aliphatic heterocycles. The van der Waals surface area contributed by atoms with Crippen LogP contribution in [0.15, 0.2) is 18.6 Å². The highest BCUT2D eigenvalue weighted by atomic mass is 15.1. The molecule has 3 rings (SSSR count). The lowest BCUT2D eigenvalue weighted by Crippen LogP contribution is -2.18. The van der Waals surface area contributed by atoms with E-state index in [2.05, 4.69) is 25.6 Å². The third kappa shape index (κ3) is 2.01. The average Bonchev–Trinajstić information content (AvgIpc) is 2.90. The van der Waals surface area contributed by atoms with E-state index in [-0.39, 0.29) is 0 Å². The number of nitrogens with one attached hydrogen (secondary N) is 2. The molecule has 104 valence electrons. The minimum atomic E-state index is 0.465. The van der Waals surface area contributed by atoms with E-state index >= 15 is 0 Å². The molecule has 0 aromatic carbocycles. The first kappa shape index (κ1) is 12.6. The van der Waals surface area contributed by atoms with Crippen LogP contribution < -0.4 is 16.4 Å². The van der Waals surface area contributed by atoms with Crippen LogP contribution in [0.1, 0.15) is 5.56 Å². The van der Waals surface area contributed by atoms with Crippen molar-refractivity contribution in [2.75, 3.05) is 31.2 Å². The molecule has 0 aliphatic carbocycles. The van der Waals surface area contributed by atoms with Gasteiger partial charge in [0, 0.05) is 13.1 Å². The molecule has 3 aromatic rings. The van der Waals surface area contributed by atoms with Crippen molar-refractivity contribution in [1.82, 2.24) is 24.7 Å². The van der Waals surface area contributed by atoms with Crippen LogP contribution in [0.3, 0.4) is 0 Å². The summed E-state index contributed by atoms with van der Waals surface area (Å²) in [6.07, 6.45) is 3.40. The highest BCUT2D eigenvalue weighted by Gasteiger charge is 2.10. The van der Waals surface area contributed by atoms with Crippen LogP contribution in [0.5, 0.6) is 0 Å². The molecule has 0 radical (unpaired) electrons. The van der Waals surface area contributed by atoms with Crippen molar-refractivity contribution in [1.29, 1.82) is 0 Å². The van der Waals surface area contributed by atoms with Gasteiger partial charge in [-0.3, -0.25) is 4.40 Å². The van der Waals surface area contributed by atoms with Gasteiger partial charge in [-0.25, -0.2) is 15.0 Å². The standard InChI is InChI=1S/C13H17N7/c1-8-5-9-13(19-12(8)17-4-3-15-2)20-7-16-6-10(20)11(14)18-9/h5-7,15H,3-4H2,1-2H3,(H2,14,18)(H,17,19). The zero-order valence-corrected chi connectivity index (χ0v) is 11.5. The van der Waals surface area contributed by atoms with Crippen molar-refractivity contribution in [3.05, 3.63) is 24.2 Å². The van der Waals surface area contributed by atoms with E-state index in [4.69, 9.17) is 5.73 Å². The number of aryl methyl sites for hydroxylation is 1. The molecule has 0 amide bonds. The second-order valence-corrected chi connectivity index (χ2v) is 4.67. The van der Waals surface area contributed by atoms with Crippen LogP contribution in [-0.2, 0) is 0 Å². The van der Waals surface area contributed by atoms with E-state index in [1.165, 1.54) is 0 Å². The van der Waals surface area contributed by atoms with Gasteiger partial charge in [-0.2, -0.15) is 0 Å². The van der Waals surface area contributed by atoms with Gasteiger partial charge in [-0.05, 0) is 25.6 Å². The minimum Gasteiger partial charge on any atom is -0.382 e. The molecule has 0 unspecified atom stereocenters. The maximum atomic E-state index is 5.93. The Bertz CT molecular complexity index is 762. The van der Waals surface area contributed by atoms with Crippen LogP contribution in [0.2, 0.25) is 0 Å². The van der Waals surface area contributed by atoms with Crippen molar-refractivity contribution < 1.29 is 0 Å². The Morgan fingerprint density at radius 1 is 1.30 bits per heavy atom. The van der Waals surface area contributed by atoms with Gasteiger partial charge >= 0.3 is 0 Å². The average molecular weight is 271 g/mol. The van der Waals surface area contributed by atoms with E-state index in [1.54, 1.807) is 12.5 Å². The fraction of sp³-hybridized carbons (Fsp3) is 0.308. The first-order chi connectivity index (χ1) is 9.70. The van der Waals surface area contributed by atoms with Crippen LogP contribution in [-0.4, -0.2) is 39.5 Å². The number of aromatic nitrogens is 4. The predicted molar refractivity (Wildman–Crippen MR) is 79.9 cm³/mol. The molecule has 0 saturated heterocycles. The number of likely N-dealkylation sites (N-methyl/N-ethyl adjacent to an activating group) is 1. The number of imidazole rings is 1. The third-order valence-corrected chi connectivity index (χ3v) is 3.21. The van der Waals surface area contributed by atoms with Gasteiger partial charge in [0.2, 0.25) is 0 Å². The summed E-state index contributed by atoms with van der Waals surface area (Å²) in [6, 6.07) is 1.99. The van der Waals surface area contributed by atoms with E-state index in [0.29, 0.717) is 5.82 Å². The lowest BCUT2D eigenvalue weighted by atomic mass is 10.2. The molecular formula is C13H17N7. The van der Waals surface area contributed by atoms with Crippen molar-refractivity contribution in [2.45, 2.75) is 6.92 Å². The molecule has 20 heavy (non-hydrogen) atoms. The Hall–Kier alpha value is -2.41. The fourth-order valence-corrected chi connectivity index (χ4v) is 2.17. The van der Waals surface area contributed by atoms with Crippen molar-refractivity contribution in [3.8, 4) is 0 Å². The zero-order valence-electron chi connectivity index (χ0n) is 11.5. The Morgan fingerprint density at radius 3 is 2.95 bits per heavy atom. The Kier molecular flexibility index (Phi) is 3.11. The summed E-state index contributed by atoms with van der Waals surface area (Å²) in [5.41, 5.74) is 9.27. The van der Waals surface area contributed by atoms with E-state index in [9.17, 15) is 0 Å². The van der Waals surface area contributed by atoms with Crippen LogP contribution >= 0.6 is 0 Å². The molecule has 0 spiro atoms. The zero-order chi connectivity index (χ0) is 14.1. The Balaban J connectivity index is 2.15. The number of anilines is 2. The van der Waals surface area contributed by atoms with E-state index in [0.717, 1.165) is 41.2 Å². The molecule has 3 heterocycles. The maximum absolute atomic E-state index is 5.93. The molecule has 7 nitrogen and oxygen atoms in total. The number of rotatable bonds is 4. The van der Waals surface area contributed by atoms with Gasteiger partial charge in [0.1, 0.15) is 29.0 Å². The summed E-state index contributed by atoms with van der Waals surface area (Å²) in [5, 5.41) is 6.40. The predicted octanol–water partition coefficient (Wildman–Crippen LogP) is 0.799. The van der Waals surface area contributed by atoms with Crippen LogP contribution in [0, 0.1) is 6.92 Å². The van der Waals surface area contributed by atoms with Crippen LogP contribution in [0.4, 0.5) is 11.6 Å². The molecule has 4 N–H and O–H groups in total. The van der Waals surface area contributed by atoms with Gasteiger partial charge < -0.3 is 16.4 Å². The first-order valence-corrected chi connectivity index (χ1v) is 6.48. The molecule has 0 saturated carbocycles. The lowest BCUT2D eigenvalue weighted by Gasteiger charge is -2.11. The number of nitrogens with two attached hydrogens (primary N) is 1. The summed E-state index contributed by atoms with van der Waals surface area (Å²) in [4.78, 5) is 13.2. The molecule has 7 heteroatoms. The largest absolute Gasteiger partial charge is 0.382 e. The number of fused-ring (bicyclic) bond motifs is 3. The molecule has 0 atom stereocenters. The Morgan fingerprint density at radius 2 is 2.15 bits per heavy atom. The highest BCUT2D eigenvalue weighted by Crippen LogP contribution is 2.22. The minimum absolute atomic E-state index is 0.465. The molecule has 3 aromatic heterocycles. The smallest absolute Gasteiger partial charge is 0.167 e. The second kappa shape index (κ2) is 4.93. The van der Waals surface area contributed by atoms with Crippen molar-refractivity contribution in [3.63, 3.8) is 0 Å². The van der Waals surface area contributed by atoms with Gasteiger partial charge in [0.15, 0.2) is 5.65 Å². The number of hydrogen-bond acceptors (Lipinski definition) is 6. The van der Waals surface area contributed by atoms with Gasteiger partial charge in [0.05, 0.1) is 6.20 Å². The first-order valence-electron chi connectivity index (χ1n) is 6.48. The summed E-state index contributed by atoms with van der Waals surface area (Å²) in [7, 11) is 1.92. The topological polar surface area (TPSA) is 93.2 Å². The Labute approximate surface area is 116 Å². The lowest BCUT2D eigenvalue weighted by molar-refractivity contribution is 0.821. The molecule has 0 aliphatic rings.